The lowest BCUT2D eigenvalue weighted by Crippen LogP contribution is -2.26. The summed E-state index contributed by atoms with van der Waals surface area (Å²) in [5.74, 6) is -1.04. The second-order valence-corrected chi connectivity index (χ2v) is 11.5. The molecule has 0 aliphatic heterocycles. The molecule has 0 radical (unpaired) electrons. The molecule has 2 heterocycles. The Morgan fingerprint density at radius 1 is 1.09 bits per heavy atom. The Morgan fingerprint density at radius 3 is 2.33 bits per heavy atom. The van der Waals surface area contributed by atoms with Crippen molar-refractivity contribution in [1.82, 2.24) is 19.5 Å². The monoisotopic (exact) mass is 485 g/mol. The van der Waals surface area contributed by atoms with Crippen molar-refractivity contribution in [2.45, 2.75) is 61.1 Å². The van der Waals surface area contributed by atoms with Crippen LogP contribution in [0.2, 0.25) is 0 Å². The first kappa shape index (κ1) is 26.7. The topological polar surface area (TPSA) is 158 Å². The lowest BCUT2D eigenvalue weighted by atomic mass is 9.98. The highest BCUT2D eigenvalue weighted by molar-refractivity contribution is 7.54. The van der Waals surface area contributed by atoms with Gasteiger partial charge in [-0.15, -0.1) is 0 Å². The van der Waals surface area contributed by atoms with Crippen LogP contribution in [-0.4, -0.2) is 50.7 Å². The molecule has 2 rings (SSSR count). The molecule has 0 aliphatic carbocycles. The summed E-state index contributed by atoms with van der Waals surface area (Å²) in [4.78, 5) is 36.5. The number of nitrogens with zero attached hydrogens (tertiary/aromatic N) is 4. The molecule has 0 bridgehead atoms. The molecule has 12 nitrogen and oxygen atoms in total. The minimum Gasteiger partial charge on any atom is -0.438 e. The number of nitrogen functional groups attached to an aromatic ring is 1. The zero-order valence-electron chi connectivity index (χ0n) is 20.0. The van der Waals surface area contributed by atoms with Gasteiger partial charge in [0.2, 0.25) is 6.79 Å². The molecule has 2 atom stereocenters. The summed E-state index contributed by atoms with van der Waals surface area (Å²) < 4.78 is 36.0. The number of carbonyl (C=O) groups is 2. The molecule has 1 unspecified atom stereocenters. The van der Waals surface area contributed by atoms with Gasteiger partial charge in [-0.1, -0.05) is 0 Å². The van der Waals surface area contributed by atoms with Crippen LogP contribution in [0.3, 0.4) is 0 Å². The number of esters is 1. The number of ether oxygens (including phenoxy) is 2. The number of anilines is 1. The molecule has 184 valence electrons. The van der Waals surface area contributed by atoms with Crippen molar-refractivity contribution in [2.24, 2.45) is 10.8 Å². The van der Waals surface area contributed by atoms with E-state index in [1.54, 1.807) is 53.0 Å². The molecule has 0 fully saturated rings. The van der Waals surface area contributed by atoms with Crippen molar-refractivity contribution in [3.8, 4) is 0 Å². The van der Waals surface area contributed by atoms with Gasteiger partial charge in [-0.3, -0.25) is 14.1 Å². The molecular weight excluding hydrogens is 453 g/mol. The summed E-state index contributed by atoms with van der Waals surface area (Å²) in [6.45, 7) is 11.2. The number of fused-ring (bicyclic) bond motifs is 1. The maximum Gasteiger partial charge on any atom is 0.409 e. The van der Waals surface area contributed by atoms with E-state index in [1.165, 1.54) is 12.7 Å². The molecule has 0 saturated carbocycles. The predicted octanol–water partition coefficient (Wildman–Crippen LogP) is 3.12. The van der Waals surface area contributed by atoms with Crippen LogP contribution in [0.5, 0.6) is 0 Å². The standard InChI is InChI=1S/C20H32N5O7P/c1-13(8-25-10-24-14-15(21)22-9-23-16(14)25)30-12-33(28,32-18(27)20(5,6)7)31-11-29-17(26)19(2,3)4/h9-10,13H,8,11-12H2,1-7H3,(H2,21,22,23)/t13-,33?/m1/s1. The van der Waals surface area contributed by atoms with Gasteiger partial charge in [-0.2, -0.15) is 0 Å². The zero-order chi connectivity index (χ0) is 25.0. The van der Waals surface area contributed by atoms with Gasteiger partial charge in [-0.25, -0.2) is 19.5 Å². The first-order chi connectivity index (χ1) is 15.1. The van der Waals surface area contributed by atoms with Crippen LogP contribution in [0, 0.1) is 10.8 Å². The minimum absolute atomic E-state index is 0.254. The van der Waals surface area contributed by atoms with Crippen molar-refractivity contribution < 1.29 is 32.7 Å². The van der Waals surface area contributed by atoms with Crippen molar-refractivity contribution >= 4 is 36.5 Å². The fraction of sp³-hybridized carbons (Fsp3) is 0.650. The summed E-state index contributed by atoms with van der Waals surface area (Å²) in [7, 11) is -4.10. The second kappa shape index (κ2) is 10.1. The van der Waals surface area contributed by atoms with E-state index >= 15 is 0 Å². The van der Waals surface area contributed by atoms with E-state index in [0.717, 1.165) is 0 Å². The van der Waals surface area contributed by atoms with Crippen molar-refractivity contribution in [2.75, 3.05) is 18.9 Å². The normalized spacial score (nSPS) is 15.1. The van der Waals surface area contributed by atoms with E-state index < -0.39 is 49.6 Å². The van der Waals surface area contributed by atoms with Crippen LogP contribution in [-0.2, 0) is 39.2 Å². The summed E-state index contributed by atoms with van der Waals surface area (Å²) in [5.41, 5.74) is 5.07. The SMILES string of the molecule is C[C@H](Cn1cnc2c(N)ncnc21)OCP(=O)(OCOC(=O)C(C)(C)C)OC(=O)C(C)(C)C. The maximum absolute atomic E-state index is 13.2. The van der Waals surface area contributed by atoms with E-state index in [4.69, 9.17) is 24.3 Å². The van der Waals surface area contributed by atoms with Gasteiger partial charge in [0.1, 0.15) is 11.8 Å². The first-order valence-electron chi connectivity index (χ1n) is 10.3. The largest absolute Gasteiger partial charge is 0.438 e. The first-order valence-corrected chi connectivity index (χ1v) is 12.0. The molecule has 0 spiro atoms. The highest BCUT2D eigenvalue weighted by atomic mass is 31.2. The average molecular weight is 485 g/mol. The zero-order valence-corrected chi connectivity index (χ0v) is 20.9. The van der Waals surface area contributed by atoms with Crippen LogP contribution in [0.25, 0.3) is 11.2 Å². The Balaban J connectivity index is 2.06. The van der Waals surface area contributed by atoms with Crippen LogP contribution in [0.15, 0.2) is 12.7 Å². The summed E-state index contributed by atoms with van der Waals surface area (Å²) >= 11 is 0. The fourth-order valence-corrected chi connectivity index (χ4v) is 3.67. The lowest BCUT2D eigenvalue weighted by molar-refractivity contribution is -0.160. The maximum atomic E-state index is 13.2. The van der Waals surface area contributed by atoms with E-state index in [9.17, 15) is 14.2 Å². The van der Waals surface area contributed by atoms with E-state index in [2.05, 4.69) is 15.0 Å². The molecule has 2 aromatic heterocycles. The molecule has 0 aliphatic rings. The van der Waals surface area contributed by atoms with Gasteiger partial charge >= 0.3 is 19.5 Å². The number of rotatable bonds is 9. The Labute approximate surface area is 192 Å². The van der Waals surface area contributed by atoms with Crippen molar-refractivity contribution in [1.29, 1.82) is 0 Å². The van der Waals surface area contributed by atoms with Crippen LogP contribution in [0.4, 0.5) is 5.82 Å². The third-order valence-electron chi connectivity index (χ3n) is 4.29. The van der Waals surface area contributed by atoms with Crippen molar-refractivity contribution in [3.05, 3.63) is 12.7 Å². The average Bonchev–Trinajstić information content (AvgIpc) is 3.09. The fourth-order valence-electron chi connectivity index (χ4n) is 2.31. The highest BCUT2D eigenvalue weighted by Crippen LogP contribution is 2.50. The molecule has 33 heavy (non-hydrogen) atoms. The van der Waals surface area contributed by atoms with E-state index in [0.29, 0.717) is 17.7 Å². The third-order valence-corrected chi connectivity index (χ3v) is 5.69. The predicted molar refractivity (Wildman–Crippen MR) is 120 cm³/mol. The Hall–Kier alpha value is -2.56. The van der Waals surface area contributed by atoms with Crippen molar-refractivity contribution in [3.63, 3.8) is 0 Å². The van der Waals surface area contributed by atoms with Gasteiger partial charge in [0.05, 0.1) is 29.8 Å². The van der Waals surface area contributed by atoms with Gasteiger partial charge in [0.25, 0.3) is 0 Å². The quantitative estimate of drug-likeness (QED) is 0.316. The van der Waals surface area contributed by atoms with Gasteiger partial charge in [0, 0.05) is 0 Å². The minimum atomic E-state index is -4.10. The number of hydrogen-bond donors (Lipinski definition) is 1. The Morgan fingerprint density at radius 2 is 1.73 bits per heavy atom. The van der Waals surface area contributed by atoms with Crippen LogP contribution in [0.1, 0.15) is 48.5 Å². The Bertz CT molecular complexity index is 1040. The smallest absolute Gasteiger partial charge is 0.409 e. The highest BCUT2D eigenvalue weighted by Gasteiger charge is 2.36. The number of hydrogen-bond acceptors (Lipinski definition) is 11. The molecule has 0 aromatic carbocycles. The van der Waals surface area contributed by atoms with Gasteiger partial charge in [0.15, 0.2) is 17.8 Å². The van der Waals surface area contributed by atoms with Crippen LogP contribution < -0.4 is 5.73 Å². The number of imidazole rings is 1. The molecule has 2 aromatic rings. The number of nitrogens with two attached hydrogens (primary N) is 1. The van der Waals surface area contributed by atoms with Gasteiger partial charge in [-0.05, 0) is 48.5 Å². The summed E-state index contributed by atoms with van der Waals surface area (Å²) in [6.07, 6.45) is 1.83. The summed E-state index contributed by atoms with van der Waals surface area (Å²) in [6, 6.07) is 0. The molecule has 0 amide bonds. The molecule has 0 saturated heterocycles. The third kappa shape index (κ3) is 7.48. The van der Waals surface area contributed by atoms with Crippen LogP contribution >= 0.6 is 7.60 Å². The number of carbonyl (C=O) groups excluding carboxylic acids is 2. The van der Waals surface area contributed by atoms with E-state index in [1.807, 2.05) is 0 Å². The molecular formula is C20H32N5O7P. The van der Waals surface area contributed by atoms with E-state index in [-0.39, 0.29) is 5.82 Å². The molecule has 13 heteroatoms. The van der Waals surface area contributed by atoms with Gasteiger partial charge < -0.3 is 24.3 Å². The summed E-state index contributed by atoms with van der Waals surface area (Å²) in [5, 5.41) is 0. The Kier molecular flexibility index (Phi) is 8.21. The second-order valence-electron chi connectivity index (χ2n) is 9.60. The number of aromatic nitrogens is 4. The lowest BCUT2D eigenvalue weighted by Gasteiger charge is -2.24. The molecule has 2 N–H and O–H groups in total.